The average Bonchev–Trinajstić information content (AvgIpc) is 2.29. The first-order valence-corrected chi connectivity index (χ1v) is 7.67. The van der Waals surface area contributed by atoms with Crippen molar-refractivity contribution < 1.29 is 14.6 Å². The van der Waals surface area contributed by atoms with Crippen molar-refractivity contribution in [3.8, 4) is 5.75 Å². The molecule has 0 fully saturated rings. The molecule has 0 bridgehead atoms. The first kappa shape index (κ1) is 16.3. The van der Waals surface area contributed by atoms with Gasteiger partial charge in [0.25, 0.3) is 0 Å². The SMILES string of the molecule is CC(C)(C)Oc1ccc(CCCC(I)C(=O)O)cc1. The number of alkyl halides is 1. The molecule has 0 aliphatic rings. The van der Waals surface area contributed by atoms with Crippen LogP contribution in [0.5, 0.6) is 5.75 Å². The summed E-state index contributed by atoms with van der Waals surface area (Å²) in [5.41, 5.74) is 1.03. The van der Waals surface area contributed by atoms with Gasteiger partial charge >= 0.3 is 5.97 Å². The Labute approximate surface area is 128 Å². The zero-order chi connectivity index (χ0) is 14.5. The number of carboxylic acid groups (broad SMARTS) is 1. The summed E-state index contributed by atoms with van der Waals surface area (Å²) in [5, 5.41) is 8.80. The minimum atomic E-state index is -0.727. The summed E-state index contributed by atoms with van der Waals surface area (Å²) in [4.78, 5) is 10.7. The lowest BCUT2D eigenvalue weighted by molar-refractivity contribution is -0.136. The normalized spacial score (nSPS) is 13.1. The molecule has 19 heavy (non-hydrogen) atoms. The van der Waals surface area contributed by atoms with E-state index in [-0.39, 0.29) is 9.53 Å². The Kier molecular flexibility index (Phi) is 6.10. The monoisotopic (exact) mass is 376 g/mol. The summed E-state index contributed by atoms with van der Waals surface area (Å²) >= 11 is 1.97. The molecule has 1 aromatic carbocycles. The van der Waals surface area contributed by atoms with Crippen molar-refractivity contribution in [3.63, 3.8) is 0 Å². The van der Waals surface area contributed by atoms with Gasteiger partial charge in [-0.1, -0.05) is 34.7 Å². The molecule has 0 aromatic heterocycles. The van der Waals surface area contributed by atoms with Gasteiger partial charge in [0.1, 0.15) is 15.3 Å². The molecule has 0 aliphatic carbocycles. The zero-order valence-electron chi connectivity index (χ0n) is 11.6. The first-order chi connectivity index (χ1) is 8.78. The largest absolute Gasteiger partial charge is 0.488 e. The van der Waals surface area contributed by atoms with Crippen LogP contribution in [0.25, 0.3) is 0 Å². The van der Waals surface area contributed by atoms with E-state index in [0.29, 0.717) is 6.42 Å². The fourth-order valence-electron chi connectivity index (χ4n) is 1.69. The second kappa shape index (κ2) is 7.12. The van der Waals surface area contributed by atoms with Gasteiger partial charge in [-0.15, -0.1) is 0 Å². The smallest absolute Gasteiger partial charge is 0.316 e. The molecule has 0 aliphatic heterocycles. The molecule has 0 radical (unpaired) electrons. The number of aryl methyl sites for hydroxylation is 1. The summed E-state index contributed by atoms with van der Waals surface area (Å²) < 4.78 is 5.46. The number of hydrogen-bond acceptors (Lipinski definition) is 2. The molecule has 0 saturated heterocycles. The molecule has 1 unspecified atom stereocenters. The molecule has 0 amide bonds. The quantitative estimate of drug-likeness (QED) is 0.601. The maximum absolute atomic E-state index is 10.7. The maximum atomic E-state index is 10.7. The highest BCUT2D eigenvalue weighted by molar-refractivity contribution is 14.1. The van der Waals surface area contributed by atoms with Crippen molar-refractivity contribution in [2.75, 3.05) is 0 Å². The Morgan fingerprint density at radius 1 is 1.32 bits per heavy atom. The lowest BCUT2D eigenvalue weighted by Gasteiger charge is -2.21. The Morgan fingerprint density at radius 2 is 1.89 bits per heavy atom. The van der Waals surface area contributed by atoms with Gasteiger partial charge in [0.15, 0.2) is 0 Å². The standard InChI is InChI=1S/C15H21IO3/c1-15(2,3)19-12-9-7-11(8-10-12)5-4-6-13(16)14(17)18/h7-10,13H,4-6H2,1-3H3,(H,17,18). The number of rotatable bonds is 6. The minimum absolute atomic E-state index is 0.183. The van der Waals surface area contributed by atoms with Crippen LogP contribution < -0.4 is 4.74 Å². The van der Waals surface area contributed by atoms with Crippen LogP contribution in [-0.2, 0) is 11.2 Å². The van der Waals surface area contributed by atoms with E-state index in [0.717, 1.165) is 18.6 Å². The summed E-state index contributed by atoms with van der Waals surface area (Å²) in [5.74, 6) is 0.142. The van der Waals surface area contributed by atoms with Crippen molar-refractivity contribution in [1.29, 1.82) is 0 Å². The first-order valence-electron chi connectivity index (χ1n) is 6.43. The third-order valence-electron chi connectivity index (χ3n) is 2.54. The molecule has 3 nitrogen and oxygen atoms in total. The van der Waals surface area contributed by atoms with Crippen LogP contribution in [0, 0.1) is 0 Å². The van der Waals surface area contributed by atoms with E-state index in [2.05, 4.69) is 0 Å². The lowest BCUT2D eigenvalue weighted by atomic mass is 10.1. The van der Waals surface area contributed by atoms with Gasteiger partial charge in [-0.3, -0.25) is 4.79 Å². The molecular formula is C15H21IO3. The topological polar surface area (TPSA) is 46.5 Å². The van der Waals surface area contributed by atoms with Gasteiger partial charge in [0.2, 0.25) is 0 Å². The predicted molar refractivity (Wildman–Crippen MR) is 85.2 cm³/mol. The summed E-state index contributed by atoms with van der Waals surface area (Å²) in [6, 6.07) is 8.03. The number of carboxylic acids is 1. The van der Waals surface area contributed by atoms with Crippen molar-refractivity contribution >= 4 is 28.6 Å². The van der Waals surface area contributed by atoms with Gasteiger partial charge in [0, 0.05) is 0 Å². The third-order valence-corrected chi connectivity index (χ3v) is 3.69. The van der Waals surface area contributed by atoms with Gasteiger partial charge in [-0.2, -0.15) is 0 Å². The number of carbonyl (C=O) groups is 1. The molecule has 1 atom stereocenters. The second-order valence-corrected chi connectivity index (χ2v) is 7.06. The molecule has 0 heterocycles. The van der Waals surface area contributed by atoms with Gasteiger partial charge in [-0.05, 0) is 57.7 Å². The molecule has 0 saturated carbocycles. The van der Waals surface area contributed by atoms with Gasteiger partial charge < -0.3 is 9.84 Å². The average molecular weight is 376 g/mol. The van der Waals surface area contributed by atoms with Crippen LogP contribution in [0.4, 0.5) is 0 Å². The van der Waals surface area contributed by atoms with Crippen molar-refractivity contribution in [1.82, 2.24) is 0 Å². The molecule has 1 rings (SSSR count). The van der Waals surface area contributed by atoms with E-state index >= 15 is 0 Å². The van der Waals surface area contributed by atoms with Crippen LogP contribution >= 0.6 is 22.6 Å². The van der Waals surface area contributed by atoms with E-state index in [1.165, 1.54) is 5.56 Å². The van der Waals surface area contributed by atoms with E-state index in [9.17, 15) is 4.79 Å². The molecule has 106 valence electrons. The fourth-order valence-corrected chi connectivity index (χ4v) is 2.13. The van der Waals surface area contributed by atoms with Crippen LogP contribution in [-0.4, -0.2) is 20.6 Å². The maximum Gasteiger partial charge on any atom is 0.316 e. The summed E-state index contributed by atoms with van der Waals surface area (Å²) in [6.45, 7) is 6.06. The van der Waals surface area contributed by atoms with Crippen LogP contribution in [0.2, 0.25) is 0 Å². The molecule has 1 N–H and O–H groups in total. The van der Waals surface area contributed by atoms with Crippen LogP contribution in [0.15, 0.2) is 24.3 Å². The Morgan fingerprint density at radius 3 is 2.37 bits per heavy atom. The molecular weight excluding hydrogens is 355 g/mol. The van der Waals surface area contributed by atoms with Crippen LogP contribution in [0.1, 0.15) is 39.2 Å². The highest BCUT2D eigenvalue weighted by atomic mass is 127. The van der Waals surface area contributed by atoms with E-state index < -0.39 is 5.97 Å². The number of benzene rings is 1. The number of aliphatic carboxylic acids is 1. The lowest BCUT2D eigenvalue weighted by Crippen LogP contribution is -2.22. The predicted octanol–water partition coefficient (Wildman–Crippen LogP) is 4.07. The number of halogens is 1. The molecule has 1 aromatic rings. The minimum Gasteiger partial charge on any atom is -0.488 e. The Hall–Kier alpha value is -0.780. The number of hydrogen-bond donors (Lipinski definition) is 1. The van der Waals surface area contributed by atoms with Gasteiger partial charge in [-0.25, -0.2) is 0 Å². The number of ether oxygens (including phenoxy) is 1. The Bertz CT molecular complexity index is 406. The van der Waals surface area contributed by atoms with Crippen molar-refractivity contribution in [2.24, 2.45) is 0 Å². The summed E-state index contributed by atoms with van der Waals surface area (Å²) in [6.07, 6.45) is 2.50. The van der Waals surface area contributed by atoms with Gasteiger partial charge in [0.05, 0.1) is 0 Å². The van der Waals surface area contributed by atoms with E-state index in [4.69, 9.17) is 9.84 Å². The Balaban J connectivity index is 2.42. The fraction of sp³-hybridized carbons (Fsp3) is 0.533. The van der Waals surface area contributed by atoms with Crippen LogP contribution in [0.3, 0.4) is 0 Å². The third kappa shape index (κ3) is 6.80. The second-order valence-electron chi connectivity index (χ2n) is 5.56. The van der Waals surface area contributed by atoms with Crippen molar-refractivity contribution in [2.45, 2.75) is 49.6 Å². The highest BCUT2D eigenvalue weighted by Crippen LogP contribution is 2.20. The zero-order valence-corrected chi connectivity index (χ0v) is 13.8. The van der Waals surface area contributed by atoms with E-state index in [1.807, 2.05) is 67.6 Å². The van der Waals surface area contributed by atoms with E-state index in [1.54, 1.807) is 0 Å². The summed E-state index contributed by atoms with van der Waals surface area (Å²) in [7, 11) is 0. The molecule has 0 spiro atoms. The molecule has 4 heteroatoms. The highest BCUT2D eigenvalue weighted by Gasteiger charge is 2.13. The van der Waals surface area contributed by atoms with Crippen molar-refractivity contribution in [3.05, 3.63) is 29.8 Å².